The summed E-state index contributed by atoms with van der Waals surface area (Å²) in [6.07, 6.45) is 0. The molecule has 0 aromatic rings. The quantitative estimate of drug-likeness (QED) is 0.679. The lowest BCUT2D eigenvalue weighted by atomic mass is 10.3. The summed E-state index contributed by atoms with van der Waals surface area (Å²) in [7, 11) is 0. The van der Waals surface area contributed by atoms with E-state index >= 15 is 0 Å². The van der Waals surface area contributed by atoms with Crippen molar-refractivity contribution >= 4 is 0 Å². The fraction of sp³-hybridized carbons (Fsp3) is 1.00. The summed E-state index contributed by atoms with van der Waals surface area (Å²) in [5.74, 6) is 0. The Balaban J connectivity index is 0. The van der Waals surface area contributed by atoms with Gasteiger partial charge in [0.1, 0.15) is 0 Å². The zero-order valence-electron chi connectivity index (χ0n) is 10.4. The predicted octanol–water partition coefficient (Wildman–Crippen LogP) is 2.35. The molecule has 1 heterocycles. The van der Waals surface area contributed by atoms with Crippen LogP contribution in [0.2, 0.25) is 0 Å². The minimum absolute atomic E-state index is 0.729. The van der Waals surface area contributed by atoms with Crippen LogP contribution in [0.3, 0.4) is 0 Å². The van der Waals surface area contributed by atoms with Gasteiger partial charge in [0.05, 0.1) is 0 Å². The van der Waals surface area contributed by atoms with Gasteiger partial charge in [-0.05, 0) is 13.8 Å². The standard InChI is InChI=1S/C7H16N2.2C2H6/c1-7(2)9-5-3-8-4-6-9;2*1-2/h7-8H,3-6H2,1-2H3;2*1-2H3. The largest absolute Gasteiger partial charge is 0.314 e. The van der Waals surface area contributed by atoms with Gasteiger partial charge in [-0.15, -0.1) is 0 Å². The van der Waals surface area contributed by atoms with Crippen molar-refractivity contribution in [2.45, 2.75) is 47.6 Å². The molecule has 0 bridgehead atoms. The van der Waals surface area contributed by atoms with E-state index in [1.807, 2.05) is 27.7 Å². The van der Waals surface area contributed by atoms with Crippen molar-refractivity contribution in [1.82, 2.24) is 10.2 Å². The second-order valence-electron chi connectivity index (χ2n) is 2.88. The molecule has 1 fully saturated rings. The summed E-state index contributed by atoms with van der Waals surface area (Å²) >= 11 is 0. The Bertz CT molecular complexity index is 76.2. The van der Waals surface area contributed by atoms with Crippen LogP contribution in [0.25, 0.3) is 0 Å². The van der Waals surface area contributed by atoms with E-state index in [1.165, 1.54) is 13.1 Å². The van der Waals surface area contributed by atoms with Gasteiger partial charge in [-0.3, -0.25) is 4.90 Å². The molecular weight excluding hydrogens is 160 g/mol. The van der Waals surface area contributed by atoms with E-state index in [-0.39, 0.29) is 0 Å². The van der Waals surface area contributed by atoms with E-state index in [1.54, 1.807) is 0 Å². The lowest BCUT2D eigenvalue weighted by molar-refractivity contribution is 0.196. The first kappa shape index (κ1) is 15.4. The van der Waals surface area contributed by atoms with E-state index in [0.29, 0.717) is 0 Å². The van der Waals surface area contributed by atoms with Crippen LogP contribution in [0.4, 0.5) is 0 Å². The van der Waals surface area contributed by atoms with Crippen molar-refractivity contribution in [3.05, 3.63) is 0 Å². The molecule has 0 aromatic heterocycles. The summed E-state index contributed by atoms with van der Waals surface area (Å²) in [5.41, 5.74) is 0. The van der Waals surface area contributed by atoms with E-state index in [2.05, 4.69) is 24.1 Å². The Morgan fingerprint density at radius 2 is 1.31 bits per heavy atom. The third-order valence-corrected chi connectivity index (χ3v) is 1.88. The van der Waals surface area contributed by atoms with Gasteiger partial charge in [0.25, 0.3) is 0 Å². The van der Waals surface area contributed by atoms with Crippen molar-refractivity contribution in [3.8, 4) is 0 Å². The van der Waals surface area contributed by atoms with Crippen LogP contribution in [0, 0.1) is 0 Å². The molecule has 0 radical (unpaired) electrons. The summed E-state index contributed by atoms with van der Waals surface area (Å²) in [4.78, 5) is 2.50. The van der Waals surface area contributed by atoms with Gasteiger partial charge in [-0.2, -0.15) is 0 Å². The number of hydrogen-bond acceptors (Lipinski definition) is 2. The zero-order chi connectivity index (χ0) is 10.7. The Hall–Kier alpha value is -0.0800. The molecule has 1 saturated heterocycles. The molecule has 1 N–H and O–H groups in total. The number of hydrogen-bond donors (Lipinski definition) is 1. The van der Waals surface area contributed by atoms with Crippen LogP contribution in [0.1, 0.15) is 41.5 Å². The monoisotopic (exact) mass is 188 g/mol. The Kier molecular flexibility index (Phi) is 14.1. The van der Waals surface area contributed by atoms with Crippen molar-refractivity contribution in [2.24, 2.45) is 0 Å². The zero-order valence-corrected chi connectivity index (χ0v) is 10.4. The molecule has 13 heavy (non-hydrogen) atoms. The molecule has 0 amide bonds. The third-order valence-electron chi connectivity index (χ3n) is 1.88. The molecular formula is C11H28N2. The highest BCUT2D eigenvalue weighted by molar-refractivity contribution is 4.69. The van der Waals surface area contributed by atoms with Crippen molar-refractivity contribution in [3.63, 3.8) is 0 Å². The fourth-order valence-corrected chi connectivity index (χ4v) is 1.20. The maximum Gasteiger partial charge on any atom is 0.0110 e. The second-order valence-corrected chi connectivity index (χ2v) is 2.88. The molecule has 1 aliphatic heterocycles. The van der Waals surface area contributed by atoms with Gasteiger partial charge in [0.2, 0.25) is 0 Å². The third kappa shape index (κ3) is 8.26. The topological polar surface area (TPSA) is 15.3 Å². The van der Waals surface area contributed by atoms with Crippen molar-refractivity contribution in [2.75, 3.05) is 26.2 Å². The van der Waals surface area contributed by atoms with Crippen molar-refractivity contribution in [1.29, 1.82) is 0 Å². The maximum atomic E-state index is 3.33. The lowest BCUT2D eigenvalue weighted by Crippen LogP contribution is -2.46. The molecule has 2 nitrogen and oxygen atoms in total. The number of nitrogens with zero attached hydrogens (tertiary/aromatic N) is 1. The molecule has 2 heteroatoms. The van der Waals surface area contributed by atoms with Crippen LogP contribution in [0.5, 0.6) is 0 Å². The Labute approximate surface area is 84.7 Å². The summed E-state index contributed by atoms with van der Waals surface area (Å²) in [6.45, 7) is 17.3. The Morgan fingerprint density at radius 3 is 1.54 bits per heavy atom. The molecule has 0 aliphatic carbocycles. The molecule has 82 valence electrons. The molecule has 0 spiro atoms. The first-order valence-electron chi connectivity index (χ1n) is 5.75. The molecule has 0 atom stereocenters. The SMILES string of the molecule is CC.CC.CC(C)N1CCNCC1. The highest BCUT2D eigenvalue weighted by atomic mass is 15.2. The second kappa shape index (κ2) is 11.9. The van der Waals surface area contributed by atoms with E-state index < -0.39 is 0 Å². The first-order valence-corrected chi connectivity index (χ1v) is 5.75. The van der Waals surface area contributed by atoms with Crippen LogP contribution < -0.4 is 5.32 Å². The van der Waals surface area contributed by atoms with Crippen LogP contribution in [-0.4, -0.2) is 37.1 Å². The molecule has 0 unspecified atom stereocenters. The van der Waals surface area contributed by atoms with E-state index in [4.69, 9.17) is 0 Å². The first-order chi connectivity index (χ1) is 6.30. The van der Waals surface area contributed by atoms with Crippen LogP contribution in [0.15, 0.2) is 0 Å². The molecule has 0 aromatic carbocycles. The van der Waals surface area contributed by atoms with E-state index in [9.17, 15) is 0 Å². The van der Waals surface area contributed by atoms with Gasteiger partial charge in [0.15, 0.2) is 0 Å². The van der Waals surface area contributed by atoms with Crippen LogP contribution >= 0.6 is 0 Å². The van der Waals surface area contributed by atoms with E-state index in [0.717, 1.165) is 19.1 Å². The Morgan fingerprint density at radius 1 is 0.923 bits per heavy atom. The average Bonchev–Trinajstić information content (AvgIpc) is 2.25. The molecule has 0 saturated carbocycles. The summed E-state index contributed by atoms with van der Waals surface area (Å²) < 4.78 is 0. The molecule has 1 aliphatic rings. The van der Waals surface area contributed by atoms with Gasteiger partial charge >= 0.3 is 0 Å². The highest BCUT2D eigenvalue weighted by Crippen LogP contribution is 1.97. The van der Waals surface area contributed by atoms with Gasteiger partial charge in [-0.25, -0.2) is 0 Å². The van der Waals surface area contributed by atoms with Gasteiger partial charge < -0.3 is 5.32 Å². The highest BCUT2D eigenvalue weighted by Gasteiger charge is 2.11. The van der Waals surface area contributed by atoms with Crippen LogP contribution in [-0.2, 0) is 0 Å². The van der Waals surface area contributed by atoms with Crippen molar-refractivity contribution < 1.29 is 0 Å². The minimum Gasteiger partial charge on any atom is -0.314 e. The number of rotatable bonds is 1. The number of piperazine rings is 1. The lowest BCUT2D eigenvalue weighted by Gasteiger charge is -2.30. The average molecular weight is 188 g/mol. The summed E-state index contributed by atoms with van der Waals surface area (Å²) in [6, 6.07) is 0.729. The summed E-state index contributed by atoms with van der Waals surface area (Å²) in [5, 5.41) is 3.33. The number of nitrogens with one attached hydrogen (secondary N) is 1. The smallest absolute Gasteiger partial charge is 0.0110 e. The maximum absolute atomic E-state index is 3.33. The predicted molar refractivity (Wildman–Crippen MR) is 62.3 cm³/mol. The van der Waals surface area contributed by atoms with Gasteiger partial charge in [0, 0.05) is 32.2 Å². The van der Waals surface area contributed by atoms with Gasteiger partial charge in [-0.1, -0.05) is 27.7 Å². The normalized spacial score (nSPS) is 16.8. The fourth-order valence-electron chi connectivity index (χ4n) is 1.20. The molecule has 1 rings (SSSR count). The minimum atomic E-state index is 0.729.